The molecule has 7 heteroatoms. The van der Waals surface area contributed by atoms with Gasteiger partial charge in [-0.3, -0.25) is 9.69 Å². The Kier molecular flexibility index (Phi) is 5.17. The topological polar surface area (TPSA) is 49.6 Å². The number of thiophene rings is 1. The number of nitrogens with zero attached hydrogens (tertiary/aromatic N) is 2. The average molecular weight is 376 g/mol. The first kappa shape index (κ1) is 15.9. The van der Waals surface area contributed by atoms with Crippen molar-refractivity contribution < 1.29 is 4.79 Å². The summed E-state index contributed by atoms with van der Waals surface area (Å²) in [6.45, 7) is 7.09. The summed E-state index contributed by atoms with van der Waals surface area (Å²) in [5.74, 6) is 0.117. The minimum absolute atomic E-state index is 0.0976. The molecule has 0 radical (unpaired) electrons. The van der Waals surface area contributed by atoms with Gasteiger partial charge < -0.3 is 10.6 Å². The molecule has 1 aliphatic heterocycles. The number of carbonyl (C=O) groups excluding carboxylic acids is 1. The molecule has 1 fully saturated rings. The summed E-state index contributed by atoms with van der Waals surface area (Å²) in [4.78, 5) is 17.9. The second-order valence-electron chi connectivity index (χ2n) is 4.97. The zero-order valence-corrected chi connectivity index (χ0v) is 14.8. The Morgan fingerprint density at radius 1 is 1.45 bits per heavy atom. The van der Waals surface area contributed by atoms with Gasteiger partial charge in [0.1, 0.15) is 0 Å². The zero-order chi connectivity index (χ0) is 14.9. The molecule has 2 N–H and O–H groups in total. The first-order valence-electron chi connectivity index (χ1n) is 6.48. The number of amides is 1. The molecule has 20 heavy (non-hydrogen) atoms. The Balaban J connectivity index is 1.97. The number of carbonyl (C=O) groups is 1. The predicted molar refractivity (Wildman–Crippen MR) is 90.5 cm³/mol. The highest BCUT2D eigenvalue weighted by Crippen LogP contribution is 2.28. The highest BCUT2D eigenvalue weighted by atomic mass is 79.9. The van der Waals surface area contributed by atoms with Crippen LogP contribution in [-0.4, -0.2) is 52.9 Å². The molecule has 0 saturated carbocycles. The Morgan fingerprint density at radius 3 is 2.50 bits per heavy atom. The highest BCUT2D eigenvalue weighted by Gasteiger charge is 2.26. The molecule has 0 spiro atoms. The molecule has 4 nitrogen and oxygen atoms in total. The first-order valence-corrected chi connectivity index (χ1v) is 8.50. The third-order valence-corrected chi connectivity index (χ3v) is 6.09. The molecule has 2 heterocycles. The van der Waals surface area contributed by atoms with Crippen LogP contribution in [0.25, 0.3) is 0 Å². The van der Waals surface area contributed by atoms with E-state index in [0.29, 0.717) is 4.99 Å². The van der Waals surface area contributed by atoms with Crippen LogP contribution in [0.5, 0.6) is 0 Å². The van der Waals surface area contributed by atoms with Crippen molar-refractivity contribution in [3.05, 3.63) is 20.3 Å². The van der Waals surface area contributed by atoms with Crippen LogP contribution in [0.15, 0.2) is 9.85 Å². The van der Waals surface area contributed by atoms with Crippen LogP contribution in [0.4, 0.5) is 0 Å². The van der Waals surface area contributed by atoms with Crippen molar-refractivity contribution in [1.29, 1.82) is 0 Å². The van der Waals surface area contributed by atoms with Crippen LogP contribution < -0.4 is 5.73 Å². The zero-order valence-electron chi connectivity index (χ0n) is 11.6. The number of rotatable bonds is 3. The summed E-state index contributed by atoms with van der Waals surface area (Å²) in [7, 11) is 0. The molecule has 1 unspecified atom stereocenters. The number of hydrogen-bond donors (Lipinski definition) is 1. The Labute approximate surface area is 137 Å². The molecular formula is C13H18BrN3OS2. The van der Waals surface area contributed by atoms with Crippen LogP contribution in [0, 0.1) is 6.92 Å². The molecule has 1 amide bonds. The fourth-order valence-corrected chi connectivity index (χ4v) is 3.87. The number of thiocarbonyl (C=S) groups is 1. The lowest BCUT2D eigenvalue weighted by Crippen LogP contribution is -2.53. The normalized spacial score (nSPS) is 18.1. The number of hydrogen-bond acceptors (Lipinski definition) is 4. The van der Waals surface area contributed by atoms with E-state index in [9.17, 15) is 4.79 Å². The third-order valence-electron chi connectivity index (χ3n) is 3.63. The van der Waals surface area contributed by atoms with E-state index in [-0.39, 0.29) is 11.9 Å². The van der Waals surface area contributed by atoms with Crippen LogP contribution >= 0.6 is 39.5 Å². The Hall–Kier alpha value is -0.500. The number of aryl methyl sites for hydroxylation is 1. The fourth-order valence-electron chi connectivity index (χ4n) is 2.21. The second-order valence-corrected chi connectivity index (χ2v) is 7.82. The van der Waals surface area contributed by atoms with Gasteiger partial charge in [-0.2, -0.15) is 0 Å². The van der Waals surface area contributed by atoms with Crippen LogP contribution in [0.3, 0.4) is 0 Å². The van der Waals surface area contributed by atoms with Crippen molar-refractivity contribution in [2.24, 2.45) is 5.73 Å². The van der Waals surface area contributed by atoms with Crippen LogP contribution in [0.1, 0.15) is 22.2 Å². The lowest BCUT2D eigenvalue weighted by atomic mass is 10.2. The van der Waals surface area contributed by atoms with Gasteiger partial charge in [0.15, 0.2) is 0 Å². The van der Waals surface area contributed by atoms with Crippen molar-refractivity contribution in [1.82, 2.24) is 9.80 Å². The smallest absolute Gasteiger partial charge is 0.264 e. The van der Waals surface area contributed by atoms with E-state index in [1.54, 1.807) is 0 Å². The molecule has 0 aromatic carbocycles. The maximum absolute atomic E-state index is 12.4. The van der Waals surface area contributed by atoms with Crippen molar-refractivity contribution in [3.8, 4) is 0 Å². The van der Waals surface area contributed by atoms with E-state index in [4.69, 9.17) is 18.0 Å². The van der Waals surface area contributed by atoms with Crippen molar-refractivity contribution in [2.45, 2.75) is 19.9 Å². The van der Waals surface area contributed by atoms with Crippen molar-refractivity contribution in [2.75, 3.05) is 26.2 Å². The maximum atomic E-state index is 12.4. The van der Waals surface area contributed by atoms with E-state index in [2.05, 4.69) is 20.8 Å². The molecular weight excluding hydrogens is 358 g/mol. The molecule has 1 atom stereocenters. The van der Waals surface area contributed by atoms with Gasteiger partial charge in [0.2, 0.25) is 0 Å². The molecule has 0 bridgehead atoms. The van der Waals surface area contributed by atoms with E-state index in [0.717, 1.165) is 40.4 Å². The number of piperazine rings is 1. The lowest BCUT2D eigenvalue weighted by Gasteiger charge is -2.37. The number of halogens is 1. The number of nitrogens with two attached hydrogens (primary N) is 1. The largest absolute Gasteiger partial charge is 0.392 e. The Bertz CT molecular complexity index is 504. The molecule has 2 rings (SSSR count). The van der Waals surface area contributed by atoms with Gasteiger partial charge in [-0.1, -0.05) is 12.2 Å². The third kappa shape index (κ3) is 3.39. The standard InChI is InChI=1S/C13H18BrN3OS2/c1-8-7-10(20-11(8)14)13(18)17-5-3-16(4-6-17)9(2)12(15)19/h7,9H,3-6H2,1-2H3,(H2,15,19). The van der Waals surface area contributed by atoms with Crippen LogP contribution in [-0.2, 0) is 0 Å². The van der Waals surface area contributed by atoms with Crippen molar-refractivity contribution in [3.63, 3.8) is 0 Å². The first-order chi connectivity index (χ1) is 9.40. The minimum Gasteiger partial charge on any atom is -0.392 e. The van der Waals surface area contributed by atoms with Crippen LogP contribution in [0.2, 0.25) is 0 Å². The van der Waals surface area contributed by atoms with E-state index >= 15 is 0 Å². The molecule has 110 valence electrons. The molecule has 1 saturated heterocycles. The van der Waals surface area contributed by atoms with Gasteiger partial charge in [-0.05, 0) is 41.4 Å². The molecule has 1 aromatic heterocycles. The van der Waals surface area contributed by atoms with E-state index < -0.39 is 0 Å². The van der Waals surface area contributed by atoms with Gasteiger partial charge in [-0.25, -0.2) is 0 Å². The summed E-state index contributed by atoms with van der Waals surface area (Å²) in [6, 6.07) is 2.04. The summed E-state index contributed by atoms with van der Waals surface area (Å²) in [6.07, 6.45) is 0. The molecule has 0 aliphatic carbocycles. The minimum atomic E-state index is 0.0976. The summed E-state index contributed by atoms with van der Waals surface area (Å²) < 4.78 is 1.03. The second kappa shape index (κ2) is 6.51. The van der Waals surface area contributed by atoms with Gasteiger partial charge in [0.05, 0.1) is 19.7 Å². The van der Waals surface area contributed by atoms with Crippen molar-refractivity contribution >= 4 is 50.4 Å². The monoisotopic (exact) mass is 375 g/mol. The Morgan fingerprint density at radius 2 is 2.05 bits per heavy atom. The summed E-state index contributed by atoms with van der Waals surface area (Å²) in [5.41, 5.74) is 6.79. The lowest BCUT2D eigenvalue weighted by molar-refractivity contribution is 0.0626. The van der Waals surface area contributed by atoms with Gasteiger partial charge in [0.25, 0.3) is 5.91 Å². The van der Waals surface area contributed by atoms with E-state index in [1.807, 2.05) is 24.8 Å². The SMILES string of the molecule is Cc1cc(C(=O)N2CCN(C(C)C(N)=S)CC2)sc1Br. The van der Waals surface area contributed by atoms with Gasteiger partial charge in [-0.15, -0.1) is 11.3 Å². The molecule has 1 aliphatic rings. The predicted octanol–water partition coefficient (Wildman–Crippen LogP) is 2.25. The van der Waals surface area contributed by atoms with Gasteiger partial charge in [0, 0.05) is 26.2 Å². The van der Waals surface area contributed by atoms with Gasteiger partial charge >= 0.3 is 0 Å². The summed E-state index contributed by atoms with van der Waals surface area (Å²) in [5, 5.41) is 0. The fraction of sp³-hybridized carbons (Fsp3) is 0.538. The summed E-state index contributed by atoms with van der Waals surface area (Å²) >= 11 is 9.99. The molecule has 1 aromatic rings. The average Bonchev–Trinajstić information content (AvgIpc) is 2.77. The van der Waals surface area contributed by atoms with E-state index in [1.165, 1.54) is 11.3 Å². The maximum Gasteiger partial charge on any atom is 0.264 e. The quantitative estimate of drug-likeness (QED) is 0.823. The highest BCUT2D eigenvalue weighted by molar-refractivity contribution is 9.11.